The summed E-state index contributed by atoms with van der Waals surface area (Å²) in [4.78, 5) is 4.46. The summed E-state index contributed by atoms with van der Waals surface area (Å²) >= 11 is 0. The van der Waals surface area contributed by atoms with Crippen molar-refractivity contribution in [1.29, 1.82) is 0 Å². The van der Waals surface area contributed by atoms with E-state index in [0.717, 1.165) is 25.3 Å². The van der Waals surface area contributed by atoms with Crippen LogP contribution in [-0.2, 0) is 4.74 Å². The molecule has 1 N–H and O–H groups in total. The Morgan fingerprint density at radius 3 is 2.58 bits per heavy atom. The summed E-state index contributed by atoms with van der Waals surface area (Å²) < 4.78 is 5.08. The first-order valence-corrected chi connectivity index (χ1v) is 6.60. The Labute approximate surface area is 114 Å². The van der Waals surface area contributed by atoms with Crippen molar-refractivity contribution in [3.05, 3.63) is 66.0 Å². The van der Waals surface area contributed by atoms with E-state index in [1.54, 1.807) is 7.11 Å². The fourth-order valence-electron chi connectivity index (χ4n) is 2.05. The van der Waals surface area contributed by atoms with Gasteiger partial charge < -0.3 is 10.1 Å². The van der Waals surface area contributed by atoms with Gasteiger partial charge in [0.2, 0.25) is 0 Å². The van der Waals surface area contributed by atoms with Crippen molar-refractivity contribution >= 4 is 0 Å². The molecule has 3 nitrogen and oxygen atoms in total. The van der Waals surface area contributed by atoms with E-state index >= 15 is 0 Å². The van der Waals surface area contributed by atoms with Gasteiger partial charge in [-0.2, -0.15) is 0 Å². The third-order valence-corrected chi connectivity index (χ3v) is 2.99. The van der Waals surface area contributed by atoms with Gasteiger partial charge >= 0.3 is 0 Å². The number of aromatic nitrogens is 1. The second-order valence-electron chi connectivity index (χ2n) is 4.40. The Bertz CT molecular complexity index is 419. The van der Waals surface area contributed by atoms with Crippen molar-refractivity contribution in [2.75, 3.05) is 20.3 Å². The minimum Gasteiger partial charge on any atom is -0.385 e. The minimum absolute atomic E-state index is 0.138. The second-order valence-corrected chi connectivity index (χ2v) is 4.40. The van der Waals surface area contributed by atoms with Crippen LogP contribution in [0.5, 0.6) is 0 Å². The number of pyridine rings is 1. The molecule has 0 saturated heterocycles. The third-order valence-electron chi connectivity index (χ3n) is 2.99. The molecule has 0 bridgehead atoms. The molecule has 19 heavy (non-hydrogen) atoms. The fourth-order valence-corrected chi connectivity index (χ4v) is 2.05. The Morgan fingerprint density at radius 1 is 1.11 bits per heavy atom. The van der Waals surface area contributed by atoms with Gasteiger partial charge in [0.05, 0.1) is 11.7 Å². The summed E-state index contributed by atoms with van der Waals surface area (Å²) in [5.74, 6) is 0. The van der Waals surface area contributed by atoms with Gasteiger partial charge in [0.1, 0.15) is 0 Å². The van der Waals surface area contributed by atoms with E-state index in [-0.39, 0.29) is 6.04 Å². The smallest absolute Gasteiger partial charge is 0.0751 e. The molecule has 0 spiro atoms. The molecular weight excluding hydrogens is 236 g/mol. The van der Waals surface area contributed by atoms with Crippen LogP contribution in [0.3, 0.4) is 0 Å². The zero-order valence-electron chi connectivity index (χ0n) is 11.3. The molecule has 1 aromatic carbocycles. The number of hydrogen-bond acceptors (Lipinski definition) is 3. The second kappa shape index (κ2) is 7.67. The van der Waals surface area contributed by atoms with Crippen LogP contribution in [0.15, 0.2) is 54.7 Å². The number of benzene rings is 1. The van der Waals surface area contributed by atoms with Crippen LogP contribution in [0.25, 0.3) is 0 Å². The molecule has 100 valence electrons. The van der Waals surface area contributed by atoms with E-state index in [0.29, 0.717) is 0 Å². The van der Waals surface area contributed by atoms with Crippen LogP contribution < -0.4 is 5.32 Å². The topological polar surface area (TPSA) is 34.1 Å². The van der Waals surface area contributed by atoms with E-state index in [1.165, 1.54) is 5.56 Å². The molecule has 0 radical (unpaired) electrons. The molecule has 1 heterocycles. The SMILES string of the molecule is COCCCN[C@H](c1ccccc1)c1ccccn1. The van der Waals surface area contributed by atoms with Gasteiger partial charge in [0.15, 0.2) is 0 Å². The van der Waals surface area contributed by atoms with Gasteiger partial charge in [0, 0.05) is 19.9 Å². The molecular formula is C16H20N2O. The summed E-state index contributed by atoms with van der Waals surface area (Å²) in [6.45, 7) is 1.68. The van der Waals surface area contributed by atoms with E-state index in [2.05, 4.69) is 40.6 Å². The number of nitrogens with zero attached hydrogens (tertiary/aromatic N) is 1. The molecule has 0 amide bonds. The molecule has 1 atom stereocenters. The number of ether oxygens (including phenoxy) is 1. The first kappa shape index (κ1) is 13.7. The lowest BCUT2D eigenvalue weighted by Gasteiger charge is -2.18. The third kappa shape index (κ3) is 4.16. The minimum atomic E-state index is 0.138. The molecule has 0 aliphatic heterocycles. The van der Waals surface area contributed by atoms with Crippen LogP contribution in [0.2, 0.25) is 0 Å². The highest BCUT2D eigenvalue weighted by Gasteiger charge is 2.13. The highest BCUT2D eigenvalue weighted by Crippen LogP contribution is 2.19. The lowest BCUT2D eigenvalue weighted by Crippen LogP contribution is -2.25. The molecule has 2 rings (SSSR count). The predicted molar refractivity (Wildman–Crippen MR) is 77.0 cm³/mol. The Hall–Kier alpha value is -1.71. The molecule has 1 aromatic heterocycles. The molecule has 3 heteroatoms. The number of rotatable bonds is 7. The van der Waals surface area contributed by atoms with Crippen molar-refractivity contribution in [2.24, 2.45) is 0 Å². The van der Waals surface area contributed by atoms with Crippen molar-refractivity contribution in [2.45, 2.75) is 12.5 Å². The van der Waals surface area contributed by atoms with Gasteiger partial charge in [-0.3, -0.25) is 4.98 Å². The summed E-state index contributed by atoms with van der Waals surface area (Å²) in [5.41, 5.74) is 2.28. The maximum atomic E-state index is 5.08. The van der Waals surface area contributed by atoms with Crippen LogP contribution >= 0.6 is 0 Å². The molecule has 0 saturated carbocycles. The Morgan fingerprint density at radius 2 is 1.89 bits per heavy atom. The maximum Gasteiger partial charge on any atom is 0.0751 e. The lowest BCUT2D eigenvalue weighted by atomic mass is 10.0. The Balaban J connectivity index is 2.10. The van der Waals surface area contributed by atoms with E-state index in [9.17, 15) is 0 Å². The summed E-state index contributed by atoms with van der Waals surface area (Å²) in [6, 6.07) is 16.6. The average molecular weight is 256 g/mol. The molecule has 0 unspecified atom stereocenters. The van der Waals surface area contributed by atoms with E-state index in [4.69, 9.17) is 4.74 Å². The molecule has 0 aliphatic carbocycles. The van der Waals surface area contributed by atoms with Crippen LogP contribution in [0, 0.1) is 0 Å². The quantitative estimate of drug-likeness (QED) is 0.773. The van der Waals surface area contributed by atoms with Crippen molar-refractivity contribution in [3.8, 4) is 0 Å². The van der Waals surface area contributed by atoms with Crippen LogP contribution in [0.4, 0.5) is 0 Å². The first-order chi connectivity index (χ1) is 9.42. The lowest BCUT2D eigenvalue weighted by molar-refractivity contribution is 0.193. The van der Waals surface area contributed by atoms with E-state index < -0.39 is 0 Å². The zero-order valence-corrected chi connectivity index (χ0v) is 11.3. The van der Waals surface area contributed by atoms with Crippen molar-refractivity contribution in [3.63, 3.8) is 0 Å². The number of methoxy groups -OCH3 is 1. The van der Waals surface area contributed by atoms with Crippen molar-refractivity contribution in [1.82, 2.24) is 10.3 Å². The highest BCUT2D eigenvalue weighted by molar-refractivity contribution is 5.27. The maximum absolute atomic E-state index is 5.08. The average Bonchev–Trinajstić information content (AvgIpc) is 2.49. The largest absolute Gasteiger partial charge is 0.385 e. The Kier molecular flexibility index (Phi) is 5.53. The van der Waals surface area contributed by atoms with Gasteiger partial charge in [-0.1, -0.05) is 36.4 Å². The predicted octanol–water partition coefficient (Wildman–Crippen LogP) is 2.80. The monoisotopic (exact) mass is 256 g/mol. The standard InChI is InChI=1S/C16H20N2O/c1-19-13-7-12-18-16(14-8-3-2-4-9-14)15-10-5-6-11-17-15/h2-6,8-11,16,18H,7,12-13H2,1H3/t16-/m1/s1. The first-order valence-electron chi connectivity index (χ1n) is 6.60. The summed E-state index contributed by atoms with van der Waals surface area (Å²) in [5, 5.41) is 3.54. The van der Waals surface area contributed by atoms with E-state index in [1.807, 2.05) is 24.4 Å². The van der Waals surface area contributed by atoms with Gasteiger partial charge in [-0.05, 0) is 30.7 Å². The van der Waals surface area contributed by atoms with Gasteiger partial charge in [0.25, 0.3) is 0 Å². The van der Waals surface area contributed by atoms with Crippen LogP contribution in [0.1, 0.15) is 23.7 Å². The van der Waals surface area contributed by atoms with Gasteiger partial charge in [-0.25, -0.2) is 0 Å². The summed E-state index contributed by atoms with van der Waals surface area (Å²) in [6.07, 6.45) is 2.83. The fraction of sp³-hybridized carbons (Fsp3) is 0.312. The van der Waals surface area contributed by atoms with Crippen LogP contribution in [-0.4, -0.2) is 25.2 Å². The summed E-state index contributed by atoms with van der Waals surface area (Å²) in [7, 11) is 1.73. The number of nitrogens with one attached hydrogen (secondary N) is 1. The normalized spacial score (nSPS) is 12.3. The molecule has 2 aromatic rings. The van der Waals surface area contributed by atoms with Crippen molar-refractivity contribution < 1.29 is 4.74 Å². The molecule has 0 fully saturated rings. The highest BCUT2D eigenvalue weighted by atomic mass is 16.5. The number of hydrogen-bond donors (Lipinski definition) is 1. The van der Waals surface area contributed by atoms with Gasteiger partial charge in [-0.15, -0.1) is 0 Å². The zero-order chi connectivity index (χ0) is 13.3. The molecule has 0 aliphatic rings.